The van der Waals surface area contributed by atoms with Crippen molar-refractivity contribution >= 4 is 22.7 Å². The van der Waals surface area contributed by atoms with E-state index in [9.17, 15) is 10.1 Å². The van der Waals surface area contributed by atoms with Gasteiger partial charge in [0.25, 0.3) is 5.69 Å². The zero-order chi connectivity index (χ0) is 19.3. The second kappa shape index (κ2) is 8.48. The molecule has 0 radical (unpaired) electrons. The summed E-state index contributed by atoms with van der Waals surface area (Å²) in [5, 5.41) is 13.3. The number of nitro benzene ring substituents is 1. The number of hydrogen-bond donors (Lipinski definition) is 0. The maximum absolute atomic E-state index is 11.2. The Morgan fingerprint density at radius 2 is 1.96 bits per heavy atom. The Morgan fingerprint density at radius 1 is 1.14 bits per heavy atom. The van der Waals surface area contributed by atoms with Gasteiger partial charge in [0, 0.05) is 35.3 Å². The average molecular weight is 395 g/mol. The van der Waals surface area contributed by atoms with Crippen molar-refractivity contribution in [3.05, 3.63) is 69.1 Å². The van der Waals surface area contributed by atoms with Crippen molar-refractivity contribution in [3.8, 4) is 11.3 Å². The first kappa shape index (κ1) is 18.6. The highest BCUT2D eigenvalue weighted by Crippen LogP contribution is 2.32. The Hall–Kier alpha value is -2.80. The molecule has 0 N–H and O–H groups in total. The number of hydrogen-bond acceptors (Lipinski definition) is 5. The molecule has 4 rings (SSSR count). The molecule has 0 unspecified atom stereocenters. The van der Waals surface area contributed by atoms with E-state index in [1.807, 2.05) is 18.2 Å². The zero-order valence-electron chi connectivity index (χ0n) is 15.5. The number of non-ortho nitro benzene ring substituents is 1. The molecule has 6 nitrogen and oxygen atoms in total. The van der Waals surface area contributed by atoms with E-state index in [0.717, 1.165) is 34.6 Å². The van der Waals surface area contributed by atoms with E-state index >= 15 is 0 Å². The predicted molar refractivity (Wildman–Crippen MR) is 111 cm³/mol. The summed E-state index contributed by atoms with van der Waals surface area (Å²) in [7, 11) is 0. The highest BCUT2D eigenvalue weighted by Gasteiger charge is 2.20. The third-order valence-electron chi connectivity index (χ3n) is 5.15. The normalized spacial score (nSPS) is 16.1. The molecule has 7 heteroatoms. The summed E-state index contributed by atoms with van der Waals surface area (Å²) in [5.41, 5.74) is 2.80. The van der Waals surface area contributed by atoms with Crippen molar-refractivity contribution in [2.45, 2.75) is 44.6 Å². The van der Waals surface area contributed by atoms with E-state index < -0.39 is 0 Å². The average Bonchev–Trinajstić information content (AvgIpc) is 2.94. The van der Waals surface area contributed by atoms with Gasteiger partial charge >= 0.3 is 0 Å². The number of aromatic nitrogens is 2. The van der Waals surface area contributed by atoms with Gasteiger partial charge in [-0.05, 0) is 25.0 Å². The van der Waals surface area contributed by atoms with Gasteiger partial charge in [-0.25, -0.2) is 4.99 Å². The van der Waals surface area contributed by atoms with Crippen LogP contribution in [0.4, 0.5) is 11.4 Å². The van der Waals surface area contributed by atoms with Crippen LogP contribution >= 0.6 is 11.3 Å². The molecule has 1 saturated carbocycles. The van der Waals surface area contributed by atoms with E-state index in [1.54, 1.807) is 35.9 Å². The highest BCUT2D eigenvalue weighted by molar-refractivity contribution is 7.07. The summed E-state index contributed by atoms with van der Waals surface area (Å²) in [6.07, 6.45) is 10.6. The number of thiazole rings is 1. The van der Waals surface area contributed by atoms with Crippen LogP contribution in [0, 0.1) is 10.1 Å². The minimum Gasteiger partial charge on any atom is -0.313 e. The fraction of sp³-hybridized carbons (Fsp3) is 0.333. The van der Waals surface area contributed by atoms with Gasteiger partial charge in [-0.3, -0.25) is 15.1 Å². The summed E-state index contributed by atoms with van der Waals surface area (Å²) in [6, 6.07) is 11.1. The van der Waals surface area contributed by atoms with Crippen LogP contribution in [0.1, 0.15) is 44.6 Å². The molecule has 0 amide bonds. The van der Waals surface area contributed by atoms with Crippen molar-refractivity contribution < 1.29 is 4.92 Å². The molecule has 1 aromatic carbocycles. The molecule has 0 bridgehead atoms. The van der Waals surface area contributed by atoms with Crippen molar-refractivity contribution in [3.63, 3.8) is 0 Å². The molecule has 3 aromatic rings. The summed E-state index contributed by atoms with van der Waals surface area (Å²) < 4.78 is 2.29. The quantitative estimate of drug-likeness (QED) is 0.326. The molecular weight excluding hydrogens is 372 g/mol. The number of rotatable bonds is 4. The smallest absolute Gasteiger partial charge is 0.270 e. The van der Waals surface area contributed by atoms with Crippen molar-refractivity contribution in [2.24, 2.45) is 4.99 Å². The molecule has 144 valence electrons. The molecule has 1 aliphatic rings. The number of pyridine rings is 1. The third kappa shape index (κ3) is 4.04. The lowest BCUT2D eigenvalue weighted by Crippen LogP contribution is -2.21. The maximum atomic E-state index is 11.2. The van der Waals surface area contributed by atoms with E-state index in [0.29, 0.717) is 6.04 Å². The minimum atomic E-state index is -0.340. The van der Waals surface area contributed by atoms with Gasteiger partial charge in [0.05, 0.1) is 22.5 Å². The first-order valence-corrected chi connectivity index (χ1v) is 10.5. The number of nitro groups is 1. The third-order valence-corrected chi connectivity index (χ3v) is 5.99. The Morgan fingerprint density at radius 3 is 2.68 bits per heavy atom. The summed E-state index contributed by atoms with van der Waals surface area (Å²) in [6.45, 7) is 0. The second-order valence-corrected chi connectivity index (χ2v) is 7.89. The Kier molecular flexibility index (Phi) is 5.62. The van der Waals surface area contributed by atoms with Crippen LogP contribution in [0.3, 0.4) is 0 Å². The molecule has 0 atom stereocenters. The minimum absolute atomic E-state index is 0.113. The highest BCUT2D eigenvalue weighted by atomic mass is 32.1. The van der Waals surface area contributed by atoms with E-state index in [4.69, 9.17) is 4.99 Å². The molecule has 0 saturated heterocycles. The number of benzene rings is 1. The Balaban J connectivity index is 1.86. The molecule has 28 heavy (non-hydrogen) atoms. The first-order valence-electron chi connectivity index (χ1n) is 9.62. The number of nitrogens with zero attached hydrogens (tertiary/aromatic N) is 4. The van der Waals surface area contributed by atoms with Crippen LogP contribution < -0.4 is 4.80 Å². The van der Waals surface area contributed by atoms with Gasteiger partial charge in [-0.1, -0.05) is 37.8 Å². The lowest BCUT2D eigenvalue weighted by atomic mass is 10.1. The van der Waals surface area contributed by atoms with Crippen molar-refractivity contribution in [1.29, 1.82) is 0 Å². The summed E-state index contributed by atoms with van der Waals surface area (Å²) >= 11 is 1.58. The van der Waals surface area contributed by atoms with Gasteiger partial charge in [-0.2, -0.15) is 0 Å². The maximum Gasteiger partial charge on any atom is 0.270 e. The standard InChI is InChI=1S/C21H22N4O2S/c26-25(27)19-11-5-7-16(13-19)20-15-28-21(23-17-8-6-12-22-14-17)24(20)18-9-3-1-2-4-10-18/h5-8,11-15,18H,1-4,9-10H2. The Labute approximate surface area is 167 Å². The molecule has 1 aliphatic carbocycles. The largest absolute Gasteiger partial charge is 0.313 e. The second-order valence-electron chi connectivity index (χ2n) is 7.05. The summed E-state index contributed by atoms with van der Waals surface area (Å²) in [4.78, 5) is 20.8. The van der Waals surface area contributed by atoms with Crippen LogP contribution in [-0.2, 0) is 0 Å². The monoisotopic (exact) mass is 394 g/mol. The molecular formula is C21H22N4O2S. The first-order chi connectivity index (χ1) is 13.7. The fourth-order valence-electron chi connectivity index (χ4n) is 3.79. The van der Waals surface area contributed by atoms with Crippen molar-refractivity contribution in [1.82, 2.24) is 9.55 Å². The fourth-order valence-corrected chi connectivity index (χ4v) is 4.78. The van der Waals surface area contributed by atoms with Gasteiger partial charge in [0.1, 0.15) is 0 Å². The predicted octanol–water partition coefficient (Wildman–Crippen LogP) is 5.65. The van der Waals surface area contributed by atoms with Crippen LogP contribution in [0.15, 0.2) is 59.2 Å². The van der Waals surface area contributed by atoms with Crippen LogP contribution in [-0.4, -0.2) is 14.5 Å². The lowest BCUT2D eigenvalue weighted by molar-refractivity contribution is -0.384. The van der Waals surface area contributed by atoms with Crippen molar-refractivity contribution in [2.75, 3.05) is 0 Å². The molecule has 1 fully saturated rings. The van der Waals surface area contributed by atoms with E-state index in [2.05, 4.69) is 14.9 Å². The topological polar surface area (TPSA) is 73.3 Å². The molecule has 2 heterocycles. The molecule has 0 spiro atoms. The molecule has 0 aliphatic heterocycles. The van der Waals surface area contributed by atoms with Gasteiger partial charge in [0.2, 0.25) is 0 Å². The molecule has 2 aromatic heterocycles. The Bertz CT molecular complexity index is 1020. The van der Waals surface area contributed by atoms with Crippen LogP contribution in [0.25, 0.3) is 11.3 Å². The van der Waals surface area contributed by atoms with Gasteiger partial charge in [0.15, 0.2) is 4.80 Å². The van der Waals surface area contributed by atoms with Gasteiger partial charge in [-0.15, -0.1) is 11.3 Å². The zero-order valence-corrected chi connectivity index (χ0v) is 16.3. The SMILES string of the molecule is O=[N+]([O-])c1cccc(-c2csc(=Nc3cccnc3)n2C2CCCCCC2)c1. The van der Waals surface area contributed by atoms with E-state index in [1.165, 1.54) is 31.7 Å². The van der Waals surface area contributed by atoms with Crippen LogP contribution in [0.5, 0.6) is 0 Å². The lowest BCUT2D eigenvalue weighted by Gasteiger charge is -2.20. The van der Waals surface area contributed by atoms with E-state index in [-0.39, 0.29) is 10.6 Å². The van der Waals surface area contributed by atoms with Crippen LogP contribution in [0.2, 0.25) is 0 Å². The summed E-state index contributed by atoms with van der Waals surface area (Å²) in [5.74, 6) is 0. The van der Waals surface area contributed by atoms with Gasteiger partial charge < -0.3 is 4.57 Å².